The first-order valence-corrected chi connectivity index (χ1v) is 7.18. The lowest BCUT2D eigenvalue weighted by Gasteiger charge is -2.11. The summed E-state index contributed by atoms with van der Waals surface area (Å²) < 4.78 is 24.1. The van der Waals surface area contributed by atoms with Gasteiger partial charge in [0.15, 0.2) is 11.5 Å². The highest BCUT2D eigenvalue weighted by Crippen LogP contribution is 2.30. The van der Waals surface area contributed by atoms with Gasteiger partial charge in [0, 0.05) is 23.4 Å². The third-order valence-corrected chi connectivity index (χ3v) is 3.05. The summed E-state index contributed by atoms with van der Waals surface area (Å²) >= 11 is 0. The van der Waals surface area contributed by atoms with Crippen LogP contribution >= 0.6 is 0 Å². The summed E-state index contributed by atoms with van der Waals surface area (Å²) in [5.41, 5.74) is 0.917. The molecular formula is C18H18FNO3. The number of benzene rings is 2. The van der Waals surface area contributed by atoms with Crippen LogP contribution in [0.2, 0.25) is 0 Å². The van der Waals surface area contributed by atoms with E-state index in [0.717, 1.165) is 0 Å². The molecule has 0 saturated carbocycles. The Balaban J connectivity index is 2.07. The predicted molar refractivity (Wildman–Crippen MR) is 88.2 cm³/mol. The van der Waals surface area contributed by atoms with Crippen LogP contribution < -0.4 is 14.8 Å². The molecule has 120 valence electrons. The molecule has 2 aromatic rings. The van der Waals surface area contributed by atoms with Crippen LogP contribution in [0.5, 0.6) is 11.5 Å². The molecule has 0 fully saturated rings. The van der Waals surface area contributed by atoms with E-state index in [1.165, 1.54) is 25.3 Å². The Bertz CT molecular complexity index is 713. The standard InChI is InChI=1S/C18H18FNO3/c1-3-23-16-10-9-14(12-17(16)22-2)20-18(21)11-8-13-6-4-5-7-15(13)19/h4-12H,3H2,1-2H3,(H,20,21)/b11-8+. The van der Waals surface area contributed by atoms with Gasteiger partial charge in [0.05, 0.1) is 13.7 Å². The van der Waals surface area contributed by atoms with E-state index in [2.05, 4.69) is 5.32 Å². The normalized spacial score (nSPS) is 10.6. The summed E-state index contributed by atoms with van der Waals surface area (Å²) in [6, 6.07) is 11.3. The average Bonchev–Trinajstić information content (AvgIpc) is 2.55. The zero-order chi connectivity index (χ0) is 16.7. The predicted octanol–water partition coefficient (Wildman–Crippen LogP) is 3.88. The van der Waals surface area contributed by atoms with Gasteiger partial charge in [0.25, 0.3) is 0 Å². The first-order chi connectivity index (χ1) is 11.1. The van der Waals surface area contributed by atoms with E-state index in [1.807, 2.05) is 6.92 Å². The van der Waals surface area contributed by atoms with Crippen molar-refractivity contribution in [3.63, 3.8) is 0 Å². The molecule has 2 aromatic carbocycles. The van der Waals surface area contributed by atoms with Gasteiger partial charge >= 0.3 is 0 Å². The Morgan fingerprint density at radius 2 is 2.00 bits per heavy atom. The van der Waals surface area contributed by atoms with E-state index >= 15 is 0 Å². The number of hydrogen-bond acceptors (Lipinski definition) is 3. The summed E-state index contributed by atoms with van der Waals surface area (Å²) in [7, 11) is 1.53. The molecule has 1 N–H and O–H groups in total. The molecule has 0 aliphatic carbocycles. The molecule has 0 aliphatic rings. The Morgan fingerprint density at radius 3 is 2.70 bits per heavy atom. The van der Waals surface area contributed by atoms with Crippen LogP contribution in [0.1, 0.15) is 12.5 Å². The van der Waals surface area contributed by atoms with Gasteiger partial charge in [-0.15, -0.1) is 0 Å². The monoisotopic (exact) mass is 315 g/mol. The lowest BCUT2D eigenvalue weighted by molar-refractivity contribution is -0.111. The van der Waals surface area contributed by atoms with E-state index in [0.29, 0.717) is 29.4 Å². The smallest absolute Gasteiger partial charge is 0.248 e. The first-order valence-electron chi connectivity index (χ1n) is 7.18. The number of amides is 1. The summed E-state index contributed by atoms with van der Waals surface area (Å²) in [6.07, 6.45) is 2.71. The molecule has 23 heavy (non-hydrogen) atoms. The van der Waals surface area contributed by atoms with Crippen molar-refractivity contribution in [2.45, 2.75) is 6.92 Å². The van der Waals surface area contributed by atoms with Crippen LogP contribution in [-0.2, 0) is 4.79 Å². The van der Waals surface area contributed by atoms with Gasteiger partial charge in [-0.05, 0) is 31.2 Å². The molecule has 0 spiro atoms. The van der Waals surface area contributed by atoms with Gasteiger partial charge in [-0.25, -0.2) is 4.39 Å². The maximum absolute atomic E-state index is 13.5. The minimum Gasteiger partial charge on any atom is -0.493 e. The maximum Gasteiger partial charge on any atom is 0.248 e. The topological polar surface area (TPSA) is 47.6 Å². The molecule has 2 rings (SSSR count). The fraction of sp³-hybridized carbons (Fsp3) is 0.167. The zero-order valence-corrected chi connectivity index (χ0v) is 13.0. The number of ether oxygens (including phenoxy) is 2. The van der Waals surface area contributed by atoms with E-state index in [4.69, 9.17) is 9.47 Å². The first kappa shape index (κ1) is 16.5. The van der Waals surface area contributed by atoms with Gasteiger partial charge in [0.1, 0.15) is 5.82 Å². The Morgan fingerprint density at radius 1 is 1.22 bits per heavy atom. The van der Waals surface area contributed by atoms with Crippen LogP contribution in [0.3, 0.4) is 0 Å². The number of halogens is 1. The molecule has 0 saturated heterocycles. The molecular weight excluding hydrogens is 297 g/mol. The van der Waals surface area contributed by atoms with Crippen molar-refractivity contribution in [2.75, 3.05) is 19.0 Å². The highest BCUT2D eigenvalue weighted by Gasteiger charge is 2.06. The highest BCUT2D eigenvalue weighted by atomic mass is 19.1. The van der Waals surface area contributed by atoms with Gasteiger partial charge in [-0.2, -0.15) is 0 Å². The van der Waals surface area contributed by atoms with Crippen molar-refractivity contribution in [2.24, 2.45) is 0 Å². The Kier molecular flexibility index (Phi) is 5.74. The van der Waals surface area contributed by atoms with Crippen molar-refractivity contribution < 1.29 is 18.7 Å². The lowest BCUT2D eigenvalue weighted by atomic mass is 10.2. The summed E-state index contributed by atoms with van der Waals surface area (Å²) in [6.45, 7) is 2.40. The van der Waals surface area contributed by atoms with Crippen molar-refractivity contribution >= 4 is 17.7 Å². The second-order valence-corrected chi connectivity index (χ2v) is 4.64. The molecule has 4 nitrogen and oxygen atoms in total. The van der Waals surface area contributed by atoms with Gasteiger partial charge < -0.3 is 14.8 Å². The number of rotatable bonds is 6. The maximum atomic E-state index is 13.5. The highest BCUT2D eigenvalue weighted by molar-refractivity contribution is 6.02. The summed E-state index contributed by atoms with van der Waals surface area (Å²) in [4.78, 5) is 11.9. The number of nitrogens with one attached hydrogen (secondary N) is 1. The van der Waals surface area contributed by atoms with E-state index in [9.17, 15) is 9.18 Å². The second kappa shape index (κ2) is 7.98. The molecule has 0 bridgehead atoms. The van der Waals surface area contributed by atoms with Gasteiger partial charge in [-0.3, -0.25) is 4.79 Å². The molecule has 5 heteroatoms. The van der Waals surface area contributed by atoms with Crippen molar-refractivity contribution in [1.29, 1.82) is 0 Å². The number of carbonyl (C=O) groups is 1. The van der Waals surface area contributed by atoms with E-state index in [1.54, 1.807) is 36.4 Å². The third kappa shape index (κ3) is 4.57. The molecule has 0 aliphatic heterocycles. The van der Waals surface area contributed by atoms with E-state index in [-0.39, 0.29) is 11.7 Å². The Labute approximate surface area is 134 Å². The number of carbonyl (C=O) groups excluding carboxylic acids is 1. The molecule has 0 aromatic heterocycles. The van der Waals surface area contributed by atoms with Crippen LogP contribution in [0, 0.1) is 5.82 Å². The fourth-order valence-electron chi connectivity index (χ4n) is 1.98. The summed E-state index contributed by atoms with van der Waals surface area (Å²) in [5, 5.41) is 2.69. The number of hydrogen-bond donors (Lipinski definition) is 1. The zero-order valence-electron chi connectivity index (χ0n) is 13.0. The molecule has 1 amide bonds. The van der Waals surface area contributed by atoms with Crippen LogP contribution in [0.25, 0.3) is 6.08 Å². The van der Waals surface area contributed by atoms with Crippen LogP contribution in [0.4, 0.5) is 10.1 Å². The SMILES string of the molecule is CCOc1ccc(NC(=O)/C=C/c2ccccc2F)cc1OC. The van der Waals surface area contributed by atoms with Crippen LogP contribution in [-0.4, -0.2) is 19.6 Å². The number of anilines is 1. The fourth-order valence-corrected chi connectivity index (χ4v) is 1.98. The third-order valence-electron chi connectivity index (χ3n) is 3.05. The van der Waals surface area contributed by atoms with Crippen LogP contribution in [0.15, 0.2) is 48.5 Å². The Hall–Kier alpha value is -2.82. The number of methoxy groups -OCH3 is 1. The van der Waals surface area contributed by atoms with E-state index < -0.39 is 0 Å². The lowest BCUT2D eigenvalue weighted by Crippen LogP contribution is -2.08. The van der Waals surface area contributed by atoms with Gasteiger partial charge in [0.2, 0.25) is 5.91 Å². The summed E-state index contributed by atoms with van der Waals surface area (Å²) in [5.74, 6) is 0.399. The van der Waals surface area contributed by atoms with Gasteiger partial charge in [-0.1, -0.05) is 18.2 Å². The largest absolute Gasteiger partial charge is 0.493 e. The molecule has 0 atom stereocenters. The average molecular weight is 315 g/mol. The van der Waals surface area contributed by atoms with Crippen molar-refractivity contribution in [1.82, 2.24) is 0 Å². The van der Waals surface area contributed by atoms with Crippen molar-refractivity contribution in [3.8, 4) is 11.5 Å². The second-order valence-electron chi connectivity index (χ2n) is 4.64. The quantitative estimate of drug-likeness (QED) is 0.823. The van der Waals surface area contributed by atoms with Crippen molar-refractivity contribution in [3.05, 3.63) is 59.9 Å². The minimum atomic E-state index is -0.376. The molecule has 0 unspecified atom stereocenters. The molecule has 0 radical (unpaired) electrons. The minimum absolute atomic E-state index is 0.354. The molecule has 0 heterocycles.